The highest BCUT2D eigenvalue weighted by Gasteiger charge is 2.11. The highest BCUT2D eigenvalue weighted by Crippen LogP contribution is 2.22. The van der Waals surface area contributed by atoms with Crippen LogP contribution < -0.4 is 5.73 Å². The van der Waals surface area contributed by atoms with Crippen molar-refractivity contribution < 1.29 is 4.39 Å². The van der Waals surface area contributed by atoms with Gasteiger partial charge in [0.1, 0.15) is 0 Å². The molecule has 0 radical (unpaired) electrons. The van der Waals surface area contributed by atoms with E-state index in [1.807, 2.05) is 0 Å². The molecule has 1 saturated carbocycles. The van der Waals surface area contributed by atoms with Crippen LogP contribution in [0.1, 0.15) is 38.5 Å². The first-order valence-electron chi connectivity index (χ1n) is 4.82. The van der Waals surface area contributed by atoms with Gasteiger partial charge in [-0.3, -0.25) is 4.39 Å². The molecule has 1 nitrogen and oxygen atoms in total. The lowest BCUT2D eigenvalue weighted by Gasteiger charge is -2.19. The van der Waals surface area contributed by atoms with E-state index in [1.54, 1.807) is 0 Å². The first-order valence-corrected chi connectivity index (χ1v) is 4.82. The van der Waals surface area contributed by atoms with Crippen LogP contribution in [0.2, 0.25) is 0 Å². The summed E-state index contributed by atoms with van der Waals surface area (Å²) in [6.45, 7) is -0.191. The number of nitrogens with two attached hydrogens (primary N) is 1. The number of hydrogen-bond donors (Lipinski definition) is 1. The molecule has 0 aromatic carbocycles. The molecule has 70 valence electrons. The molecule has 0 saturated heterocycles. The van der Waals surface area contributed by atoms with Gasteiger partial charge in [-0.2, -0.15) is 0 Å². The Morgan fingerprint density at radius 1 is 1.42 bits per heavy atom. The quantitative estimate of drug-likeness (QED) is 0.512. The molecule has 1 aliphatic carbocycles. The molecule has 0 spiro atoms. The molecule has 1 rings (SSSR count). The van der Waals surface area contributed by atoms with Gasteiger partial charge in [-0.05, 0) is 38.5 Å². The summed E-state index contributed by atoms with van der Waals surface area (Å²) in [6, 6.07) is 0.406. The van der Waals surface area contributed by atoms with Crippen LogP contribution in [0.15, 0.2) is 11.6 Å². The number of allylic oxidation sites excluding steroid dienone is 2. The van der Waals surface area contributed by atoms with Gasteiger partial charge in [0.2, 0.25) is 0 Å². The molecule has 0 aliphatic heterocycles. The van der Waals surface area contributed by atoms with Crippen LogP contribution in [0.3, 0.4) is 0 Å². The fraction of sp³-hybridized carbons (Fsp3) is 0.800. The second kappa shape index (κ2) is 5.31. The van der Waals surface area contributed by atoms with E-state index >= 15 is 0 Å². The molecule has 0 unspecified atom stereocenters. The third-order valence-electron chi connectivity index (χ3n) is 2.44. The predicted octanol–water partition coefficient (Wildman–Crippen LogP) is 2.56. The van der Waals surface area contributed by atoms with E-state index in [2.05, 4.69) is 6.08 Å². The van der Waals surface area contributed by atoms with Crippen molar-refractivity contribution in [1.29, 1.82) is 0 Å². The smallest absolute Gasteiger partial charge is 0.0897 e. The van der Waals surface area contributed by atoms with Crippen LogP contribution in [0.4, 0.5) is 4.39 Å². The van der Waals surface area contributed by atoms with Crippen molar-refractivity contribution >= 4 is 0 Å². The second-order valence-electron chi connectivity index (χ2n) is 3.53. The van der Waals surface area contributed by atoms with Gasteiger partial charge in [0.15, 0.2) is 0 Å². The Kier molecular flexibility index (Phi) is 4.30. The minimum absolute atomic E-state index is 0.191. The van der Waals surface area contributed by atoms with Gasteiger partial charge < -0.3 is 5.73 Å². The molecule has 0 bridgehead atoms. The number of rotatable bonds is 3. The van der Waals surface area contributed by atoms with Gasteiger partial charge >= 0.3 is 0 Å². The monoisotopic (exact) mass is 171 g/mol. The van der Waals surface area contributed by atoms with Crippen LogP contribution in [0.25, 0.3) is 0 Å². The summed E-state index contributed by atoms with van der Waals surface area (Å²) in [6.07, 6.45) is 8.27. The minimum Gasteiger partial charge on any atom is -0.328 e. The Morgan fingerprint density at radius 2 is 2.08 bits per heavy atom. The lowest BCUT2D eigenvalue weighted by molar-refractivity contribution is 0.472. The summed E-state index contributed by atoms with van der Waals surface area (Å²) in [5.74, 6) is 0. The number of alkyl halides is 1. The van der Waals surface area contributed by atoms with E-state index in [9.17, 15) is 4.39 Å². The van der Waals surface area contributed by atoms with Gasteiger partial charge in [-0.25, -0.2) is 0 Å². The lowest BCUT2D eigenvalue weighted by Crippen LogP contribution is -2.23. The Labute approximate surface area is 73.8 Å². The molecule has 0 amide bonds. The zero-order chi connectivity index (χ0) is 8.81. The van der Waals surface area contributed by atoms with Gasteiger partial charge in [0.25, 0.3) is 0 Å². The summed E-state index contributed by atoms with van der Waals surface area (Å²) in [7, 11) is 0. The lowest BCUT2D eigenvalue weighted by atomic mass is 9.91. The Balaban J connectivity index is 2.19. The van der Waals surface area contributed by atoms with Crippen molar-refractivity contribution in [2.24, 2.45) is 5.73 Å². The first kappa shape index (κ1) is 9.72. The molecule has 2 heteroatoms. The average molecular weight is 171 g/mol. The number of hydrogen-bond acceptors (Lipinski definition) is 1. The number of unbranched alkanes of at least 4 members (excludes halogenated alkanes) is 1. The molecule has 2 N–H and O–H groups in total. The summed E-state index contributed by atoms with van der Waals surface area (Å²) in [5, 5.41) is 0. The molecule has 0 heterocycles. The van der Waals surface area contributed by atoms with E-state index in [-0.39, 0.29) is 6.67 Å². The third kappa shape index (κ3) is 3.35. The maximum atomic E-state index is 11.8. The van der Waals surface area contributed by atoms with Crippen LogP contribution >= 0.6 is 0 Å². The molecule has 0 atom stereocenters. The van der Waals surface area contributed by atoms with E-state index < -0.39 is 0 Å². The molecule has 1 aliphatic rings. The zero-order valence-corrected chi connectivity index (χ0v) is 7.56. The molecule has 0 aromatic heterocycles. The Morgan fingerprint density at radius 3 is 2.67 bits per heavy atom. The largest absolute Gasteiger partial charge is 0.328 e. The van der Waals surface area contributed by atoms with E-state index in [0.717, 1.165) is 32.1 Å². The second-order valence-corrected chi connectivity index (χ2v) is 3.53. The van der Waals surface area contributed by atoms with Crippen molar-refractivity contribution in [3.8, 4) is 0 Å². The fourth-order valence-corrected chi connectivity index (χ4v) is 1.60. The molecule has 1 fully saturated rings. The highest BCUT2D eigenvalue weighted by atomic mass is 19.1. The van der Waals surface area contributed by atoms with Crippen LogP contribution in [-0.4, -0.2) is 12.7 Å². The van der Waals surface area contributed by atoms with E-state index in [4.69, 9.17) is 5.73 Å². The van der Waals surface area contributed by atoms with Gasteiger partial charge in [0, 0.05) is 6.04 Å². The Bertz CT molecular complexity index is 144. The van der Waals surface area contributed by atoms with Crippen LogP contribution in [0.5, 0.6) is 0 Å². The van der Waals surface area contributed by atoms with Crippen molar-refractivity contribution in [2.75, 3.05) is 6.67 Å². The van der Waals surface area contributed by atoms with E-state index in [0.29, 0.717) is 12.5 Å². The standard InChI is InChI=1S/C10H18FN/c11-8-2-1-3-9-4-6-10(12)7-5-9/h3,10H,1-2,4-8,12H2. The summed E-state index contributed by atoms with van der Waals surface area (Å²) in [4.78, 5) is 0. The van der Waals surface area contributed by atoms with Crippen molar-refractivity contribution in [2.45, 2.75) is 44.6 Å². The molecular formula is C10H18FN. The van der Waals surface area contributed by atoms with Gasteiger partial charge in [0.05, 0.1) is 6.67 Å². The first-order chi connectivity index (χ1) is 5.83. The van der Waals surface area contributed by atoms with Crippen LogP contribution in [0, 0.1) is 0 Å². The van der Waals surface area contributed by atoms with Crippen molar-refractivity contribution in [3.05, 3.63) is 11.6 Å². The topological polar surface area (TPSA) is 26.0 Å². The van der Waals surface area contributed by atoms with Gasteiger partial charge in [-0.1, -0.05) is 11.6 Å². The summed E-state index contributed by atoms with van der Waals surface area (Å²) >= 11 is 0. The maximum Gasteiger partial charge on any atom is 0.0897 e. The maximum absolute atomic E-state index is 11.8. The zero-order valence-electron chi connectivity index (χ0n) is 7.56. The third-order valence-corrected chi connectivity index (χ3v) is 2.44. The van der Waals surface area contributed by atoms with Crippen molar-refractivity contribution in [3.63, 3.8) is 0 Å². The van der Waals surface area contributed by atoms with Gasteiger partial charge in [-0.15, -0.1) is 0 Å². The van der Waals surface area contributed by atoms with Crippen molar-refractivity contribution in [1.82, 2.24) is 0 Å². The molecule has 0 aromatic rings. The number of halogens is 1. The summed E-state index contributed by atoms with van der Waals surface area (Å²) in [5.41, 5.74) is 7.26. The molecule has 12 heavy (non-hydrogen) atoms. The average Bonchev–Trinajstić information content (AvgIpc) is 2.09. The highest BCUT2D eigenvalue weighted by molar-refractivity contribution is 5.05. The van der Waals surface area contributed by atoms with E-state index in [1.165, 1.54) is 5.57 Å². The predicted molar refractivity (Wildman–Crippen MR) is 49.7 cm³/mol. The van der Waals surface area contributed by atoms with Crippen LogP contribution in [-0.2, 0) is 0 Å². The summed E-state index contributed by atoms with van der Waals surface area (Å²) < 4.78 is 11.8. The fourth-order valence-electron chi connectivity index (χ4n) is 1.60. The molecular weight excluding hydrogens is 153 g/mol. The minimum atomic E-state index is -0.191. The SMILES string of the molecule is NC1CCC(=CCCCF)CC1. The normalized spacial score (nSPS) is 24.2. The Hall–Kier alpha value is -0.370.